The molecule has 0 saturated carbocycles. The Balaban J connectivity index is 1.50. The predicted molar refractivity (Wildman–Crippen MR) is 94.4 cm³/mol. The Bertz CT molecular complexity index is 871. The lowest BCUT2D eigenvalue weighted by molar-refractivity contribution is -0.123. The summed E-state index contributed by atoms with van der Waals surface area (Å²) >= 11 is 0. The Labute approximate surface area is 144 Å². The van der Waals surface area contributed by atoms with Crippen LogP contribution in [0.2, 0.25) is 0 Å². The Morgan fingerprint density at radius 3 is 2.76 bits per heavy atom. The van der Waals surface area contributed by atoms with Crippen molar-refractivity contribution < 1.29 is 14.3 Å². The molecule has 0 unspecified atom stereocenters. The Hall–Kier alpha value is -3.35. The number of amides is 2. The molecule has 0 spiro atoms. The van der Waals surface area contributed by atoms with Gasteiger partial charge in [0.15, 0.2) is 0 Å². The van der Waals surface area contributed by atoms with Gasteiger partial charge in [-0.2, -0.15) is 0 Å². The number of H-pyrrole nitrogens is 1. The number of nitrogens with one attached hydrogen (secondary N) is 3. The van der Waals surface area contributed by atoms with Crippen LogP contribution in [0.4, 0.5) is 5.95 Å². The van der Waals surface area contributed by atoms with Gasteiger partial charge < -0.3 is 15.0 Å². The lowest BCUT2D eigenvalue weighted by atomic mass is 10.1. The summed E-state index contributed by atoms with van der Waals surface area (Å²) in [4.78, 5) is 31.1. The van der Waals surface area contributed by atoms with Gasteiger partial charge in [0.1, 0.15) is 5.75 Å². The van der Waals surface area contributed by atoms with Crippen molar-refractivity contribution in [3.63, 3.8) is 0 Å². The number of anilines is 1. The van der Waals surface area contributed by atoms with Crippen molar-refractivity contribution in [2.75, 3.05) is 19.0 Å². The highest BCUT2D eigenvalue weighted by atomic mass is 16.5. The molecule has 0 aliphatic carbocycles. The van der Waals surface area contributed by atoms with Crippen molar-refractivity contribution in [1.82, 2.24) is 15.3 Å². The molecule has 1 aromatic heterocycles. The number of imidazole rings is 1. The average molecular weight is 338 g/mol. The van der Waals surface area contributed by atoms with Crippen molar-refractivity contribution in [3.8, 4) is 5.75 Å². The van der Waals surface area contributed by atoms with E-state index in [1.165, 1.54) is 0 Å². The van der Waals surface area contributed by atoms with Crippen molar-refractivity contribution in [2.45, 2.75) is 6.42 Å². The highest BCUT2D eigenvalue weighted by Gasteiger charge is 2.09. The summed E-state index contributed by atoms with van der Waals surface area (Å²) in [5, 5.41) is 5.22. The van der Waals surface area contributed by atoms with Crippen LogP contribution in [-0.4, -0.2) is 35.4 Å². The standard InChI is InChI=1S/C18H18N4O3/c1-25-13-6-4-5-12(9-13)10-16(23)19-11-17(24)22-18-20-14-7-2-3-8-15(14)21-18/h2-9H,10-11H2,1H3,(H,19,23)(H2,20,21,22,24). The minimum Gasteiger partial charge on any atom is -0.497 e. The summed E-state index contributed by atoms with van der Waals surface area (Å²) in [5.41, 5.74) is 2.41. The van der Waals surface area contributed by atoms with Crippen LogP contribution in [0.15, 0.2) is 48.5 Å². The van der Waals surface area contributed by atoms with E-state index in [0.717, 1.165) is 16.6 Å². The summed E-state index contributed by atoms with van der Waals surface area (Å²) in [6.07, 6.45) is 0.176. The molecule has 2 aromatic carbocycles. The number of ether oxygens (including phenoxy) is 1. The molecule has 1 heterocycles. The molecule has 0 fully saturated rings. The van der Waals surface area contributed by atoms with E-state index in [0.29, 0.717) is 11.7 Å². The van der Waals surface area contributed by atoms with E-state index >= 15 is 0 Å². The van der Waals surface area contributed by atoms with Crippen molar-refractivity contribution in [3.05, 3.63) is 54.1 Å². The second kappa shape index (κ2) is 7.48. The van der Waals surface area contributed by atoms with Gasteiger partial charge in [-0.3, -0.25) is 14.9 Å². The maximum atomic E-state index is 12.0. The monoisotopic (exact) mass is 338 g/mol. The smallest absolute Gasteiger partial charge is 0.246 e. The highest BCUT2D eigenvalue weighted by Crippen LogP contribution is 2.13. The van der Waals surface area contributed by atoms with Crippen LogP contribution in [0.5, 0.6) is 5.75 Å². The maximum absolute atomic E-state index is 12.0. The minimum atomic E-state index is -0.349. The molecule has 0 radical (unpaired) electrons. The average Bonchev–Trinajstić information content (AvgIpc) is 3.02. The molecule has 3 aromatic rings. The number of benzene rings is 2. The third-order valence-electron chi connectivity index (χ3n) is 3.59. The van der Waals surface area contributed by atoms with Gasteiger partial charge in [0, 0.05) is 0 Å². The molecule has 3 rings (SSSR count). The number of carbonyl (C=O) groups excluding carboxylic acids is 2. The van der Waals surface area contributed by atoms with E-state index in [4.69, 9.17) is 4.74 Å². The van der Waals surface area contributed by atoms with Gasteiger partial charge in [0.25, 0.3) is 0 Å². The van der Waals surface area contributed by atoms with Crippen LogP contribution >= 0.6 is 0 Å². The molecule has 0 saturated heterocycles. The van der Waals surface area contributed by atoms with E-state index in [2.05, 4.69) is 20.6 Å². The number of hydrogen-bond donors (Lipinski definition) is 3. The summed E-state index contributed by atoms with van der Waals surface area (Å²) < 4.78 is 5.12. The largest absolute Gasteiger partial charge is 0.497 e. The second-order valence-corrected chi connectivity index (χ2v) is 5.46. The number of methoxy groups -OCH3 is 1. The zero-order valence-corrected chi connectivity index (χ0v) is 13.7. The van der Waals surface area contributed by atoms with Gasteiger partial charge >= 0.3 is 0 Å². The van der Waals surface area contributed by atoms with Gasteiger partial charge in [-0.25, -0.2) is 4.98 Å². The number of hydrogen-bond acceptors (Lipinski definition) is 4. The number of rotatable bonds is 6. The third kappa shape index (κ3) is 4.35. The van der Waals surface area contributed by atoms with Gasteiger partial charge in [-0.15, -0.1) is 0 Å². The summed E-state index contributed by atoms with van der Waals surface area (Å²) in [6, 6.07) is 14.7. The fourth-order valence-corrected chi connectivity index (χ4v) is 2.40. The van der Waals surface area contributed by atoms with Crippen molar-refractivity contribution >= 4 is 28.8 Å². The quantitative estimate of drug-likeness (QED) is 0.639. The van der Waals surface area contributed by atoms with Crippen LogP contribution < -0.4 is 15.4 Å². The molecule has 7 nitrogen and oxygen atoms in total. The molecular formula is C18H18N4O3. The van der Waals surface area contributed by atoms with E-state index in [1.54, 1.807) is 13.2 Å². The van der Waals surface area contributed by atoms with Gasteiger partial charge in [0.05, 0.1) is 31.1 Å². The maximum Gasteiger partial charge on any atom is 0.246 e. The second-order valence-electron chi connectivity index (χ2n) is 5.46. The first-order valence-corrected chi connectivity index (χ1v) is 7.78. The highest BCUT2D eigenvalue weighted by molar-refractivity contribution is 5.94. The summed E-state index contributed by atoms with van der Waals surface area (Å²) in [7, 11) is 1.57. The van der Waals surface area contributed by atoms with Crippen LogP contribution in [0.3, 0.4) is 0 Å². The lowest BCUT2D eigenvalue weighted by Crippen LogP contribution is -2.34. The minimum absolute atomic E-state index is 0.125. The van der Waals surface area contributed by atoms with E-state index in [9.17, 15) is 9.59 Å². The molecule has 3 N–H and O–H groups in total. The first-order chi connectivity index (χ1) is 12.1. The molecular weight excluding hydrogens is 320 g/mol. The van der Waals surface area contributed by atoms with Crippen LogP contribution in [0.25, 0.3) is 11.0 Å². The van der Waals surface area contributed by atoms with Gasteiger partial charge in [-0.05, 0) is 29.8 Å². The number of nitrogens with zero attached hydrogens (tertiary/aromatic N) is 1. The first-order valence-electron chi connectivity index (χ1n) is 7.78. The van der Waals surface area contributed by atoms with E-state index in [1.807, 2.05) is 42.5 Å². The number of fused-ring (bicyclic) bond motifs is 1. The predicted octanol–water partition coefficient (Wildman–Crippen LogP) is 1.87. The fourth-order valence-electron chi connectivity index (χ4n) is 2.40. The number of para-hydroxylation sites is 2. The number of aromatic nitrogens is 2. The zero-order valence-electron chi connectivity index (χ0n) is 13.7. The SMILES string of the molecule is COc1cccc(CC(=O)NCC(=O)Nc2nc3ccccc3[nH]2)c1. The Morgan fingerprint density at radius 1 is 1.12 bits per heavy atom. The third-order valence-corrected chi connectivity index (χ3v) is 3.59. The molecule has 0 bridgehead atoms. The Kier molecular flexibility index (Phi) is 4.94. The first kappa shape index (κ1) is 16.5. The molecule has 25 heavy (non-hydrogen) atoms. The van der Waals surface area contributed by atoms with Gasteiger partial charge in [-0.1, -0.05) is 24.3 Å². The van der Waals surface area contributed by atoms with Crippen molar-refractivity contribution in [2.24, 2.45) is 0 Å². The van der Waals surface area contributed by atoms with Crippen LogP contribution in [0, 0.1) is 0 Å². The Morgan fingerprint density at radius 2 is 1.96 bits per heavy atom. The summed E-state index contributed by atoms with van der Waals surface area (Å²) in [5.74, 6) is 0.451. The molecule has 0 aliphatic rings. The fraction of sp³-hybridized carbons (Fsp3) is 0.167. The van der Waals surface area contributed by atoms with Crippen molar-refractivity contribution in [1.29, 1.82) is 0 Å². The van der Waals surface area contributed by atoms with Crippen LogP contribution in [0.1, 0.15) is 5.56 Å². The van der Waals surface area contributed by atoms with Gasteiger partial charge in [0.2, 0.25) is 17.8 Å². The molecule has 7 heteroatoms. The number of aromatic amines is 1. The van der Waals surface area contributed by atoms with E-state index in [-0.39, 0.29) is 24.8 Å². The molecule has 0 atom stereocenters. The zero-order chi connectivity index (χ0) is 17.6. The molecule has 128 valence electrons. The normalized spacial score (nSPS) is 10.4. The summed E-state index contributed by atoms with van der Waals surface area (Å²) in [6.45, 7) is -0.125. The number of carbonyl (C=O) groups is 2. The molecule has 0 aliphatic heterocycles. The topological polar surface area (TPSA) is 96.1 Å². The van der Waals surface area contributed by atoms with E-state index < -0.39 is 0 Å². The lowest BCUT2D eigenvalue weighted by Gasteiger charge is -2.06. The van der Waals surface area contributed by atoms with Crippen LogP contribution in [-0.2, 0) is 16.0 Å². The molecule has 2 amide bonds.